The number of aromatic nitrogens is 1. The van der Waals surface area contributed by atoms with Crippen molar-refractivity contribution >= 4 is 16.5 Å². The van der Waals surface area contributed by atoms with Gasteiger partial charge in [-0.3, -0.25) is 0 Å². The number of rotatable bonds is 2. The first-order chi connectivity index (χ1) is 7.34. The van der Waals surface area contributed by atoms with E-state index in [-0.39, 0.29) is 0 Å². The number of anilines is 1. The number of ether oxygens (including phenoxy) is 1. The molecule has 0 aromatic carbocycles. The van der Waals surface area contributed by atoms with Crippen LogP contribution in [0.4, 0.5) is 5.13 Å². The summed E-state index contributed by atoms with van der Waals surface area (Å²) in [6, 6.07) is 0. The minimum Gasteiger partial charge on any atom is -0.367 e. The Kier molecular flexibility index (Phi) is 2.41. The molecule has 2 aliphatic rings. The molecular formula is C11H16N2OS. The van der Waals surface area contributed by atoms with Crippen molar-refractivity contribution in [2.45, 2.75) is 32.3 Å². The normalized spacial score (nSPS) is 25.7. The summed E-state index contributed by atoms with van der Waals surface area (Å²) in [5.74, 6) is 0. The molecular weight excluding hydrogens is 208 g/mol. The van der Waals surface area contributed by atoms with Crippen LogP contribution >= 0.6 is 11.3 Å². The third-order valence-corrected chi connectivity index (χ3v) is 4.38. The first-order valence-corrected chi connectivity index (χ1v) is 6.50. The topological polar surface area (TPSA) is 28.7 Å². The zero-order chi connectivity index (χ0) is 10.3. The first kappa shape index (κ1) is 9.60. The second-order valence-electron chi connectivity index (χ2n) is 4.32. The number of aryl methyl sites for hydroxylation is 1. The second-order valence-corrected chi connectivity index (χ2v) is 5.32. The van der Waals surface area contributed by atoms with Crippen LogP contribution < -0.4 is 4.90 Å². The number of nitrogens with zero attached hydrogens (tertiary/aromatic N) is 2. The van der Waals surface area contributed by atoms with Gasteiger partial charge in [0.1, 0.15) is 6.10 Å². The van der Waals surface area contributed by atoms with Crippen molar-refractivity contribution in [3.8, 4) is 0 Å². The SMILES string of the molecule is Cc1nc(N2CCCCC2)sc1C1CO1. The highest BCUT2D eigenvalue weighted by Gasteiger charge is 2.30. The van der Waals surface area contributed by atoms with Crippen LogP contribution in [0.1, 0.15) is 35.9 Å². The van der Waals surface area contributed by atoms with Gasteiger partial charge in [0.05, 0.1) is 17.2 Å². The largest absolute Gasteiger partial charge is 0.367 e. The predicted octanol–water partition coefficient (Wildman–Crippen LogP) is 2.51. The zero-order valence-corrected chi connectivity index (χ0v) is 9.85. The molecule has 0 N–H and O–H groups in total. The molecule has 2 aliphatic heterocycles. The molecule has 1 aromatic rings. The summed E-state index contributed by atoms with van der Waals surface area (Å²) in [5.41, 5.74) is 1.17. The molecule has 1 aromatic heterocycles. The van der Waals surface area contributed by atoms with Crippen molar-refractivity contribution in [2.24, 2.45) is 0 Å². The van der Waals surface area contributed by atoms with E-state index in [1.165, 1.54) is 48.1 Å². The van der Waals surface area contributed by atoms with Gasteiger partial charge in [-0.15, -0.1) is 0 Å². The van der Waals surface area contributed by atoms with E-state index in [2.05, 4.69) is 16.8 Å². The summed E-state index contributed by atoms with van der Waals surface area (Å²) in [5, 5.41) is 1.21. The Morgan fingerprint density at radius 2 is 2.07 bits per heavy atom. The van der Waals surface area contributed by atoms with Crippen LogP contribution in [0.15, 0.2) is 0 Å². The molecule has 0 aliphatic carbocycles. The fourth-order valence-electron chi connectivity index (χ4n) is 2.11. The molecule has 0 bridgehead atoms. The lowest BCUT2D eigenvalue weighted by Crippen LogP contribution is -2.29. The van der Waals surface area contributed by atoms with Crippen LogP contribution in [-0.2, 0) is 4.74 Å². The summed E-state index contributed by atoms with van der Waals surface area (Å²) in [6.45, 7) is 5.35. The van der Waals surface area contributed by atoms with Gasteiger partial charge < -0.3 is 9.64 Å². The Hall–Kier alpha value is -0.610. The van der Waals surface area contributed by atoms with Gasteiger partial charge in [-0.1, -0.05) is 11.3 Å². The highest BCUT2D eigenvalue weighted by Crippen LogP contribution is 2.39. The predicted molar refractivity (Wildman–Crippen MR) is 61.6 cm³/mol. The van der Waals surface area contributed by atoms with Gasteiger partial charge >= 0.3 is 0 Å². The van der Waals surface area contributed by atoms with E-state index < -0.39 is 0 Å². The van der Waals surface area contributed by atoms with E-state index in [9.17, 15) is 0 Å². The van der Waals surface area contributed by atoms with Crippen LogP contribution in [0.5, 0.6) is 0 Å². The minimum absolute atomic E-state index is 0.362. The lowest BCUT2D eigenvalue weighted by molar-refractivity contribution is 0.417. The molecule has 82 valence electrons. The maximum Gasteiger partial charge on any atom is 0.185 e. The number of epoxide rings is 1. The van der Waals surface area contributed by atoms with Gasteiger partial charge in [0.25, 0.3) is 0 Å². The van der Waals surface area contributed by atoms with Crippen LogP contribution in [0.3, 0.4) is 0 Å². The molecule has 1 atom stereocenters. The van der Waals surface area contributed by atoms with Gasteiger partial charge in [0.15, 0.2) is 5.13 Å². The van der Waals surface area contributed by atoms with Crippen LogP contribution in [0, 0.1) is 6.92 Å². The molecule has 0 saturated carbocycles. The minimum atomic E-state index is 0.362. The average Bonchev–Trinajstić information content (AvgIpc) is 3.04. The molecule has 3 nitrogen and oxygen atoms in total. The first-order valence-electron chi connectivity index (χ1n) is 5.68. The van der Waals surface area contributed by atoms with E-state index in [4.69, 9.17) is 4.74 Å². The lowest BCUT2D eigenvalue weighted by atomic mass is 10.1. The second kappa shape index (κ2) is 3.76. The number of hydrogen-bond acceptors (Lipinski definition) is 4. The van der Waals surface area contributed by atoms with E-state index in [0.717, 1.165) is 6.61 Å². The Labute approximate surface area is 94.1 Å². The molecule has 2 fully saturated rings. The van der Waals surface area contributed by atoms with Crippen molar-refractivity contribution in [1.82, 2.24) is 4.98 Å². The third kappa shape index (κ3) is 1.88. The van der Waals surface area contributed by atoms with Crippen LogP contribution in [0.2, 0.25) is 0 Å². The van der Waals surface area contributed by atoms with Crippen molar-refractivity contribution in [1.29, 1.82) is 0 Å². The number of piperidine rings is 1. The summed E-state index contributed by atoms with van der Waals surface area (Å²) in [4.78, 5) is 8.43. The lowest BCUT2D eigenvalue weighted by Gasteiger charge is -2.25. The van der Waals surface area contributed by atoms with E-state index >= 15 is 0 Å². The van der Waals surface area contributed by atoms with Gasteiger partial charge in [-0.05, 0) is 26.2 Å². The van der Waals surface area contributed by atoms with Crippen molar-refractivity contribution < 1.29 is 4.74 Å². The fourth-order valence-corrected chi connectivity index (χ4v) is 3.26. The fraction of sp³-hybridized carbons (Fsp3) is 0.727. The molecule has 3 heterocycles. The molecule has 1 unspecified atom stereocenters. The monoisotopic (exact) mass is 224 g/mol. The molecule has 0 radical (unpaired) electrons. The van der Waals surface area contributed by atoms with Gasteiger partial charge in [0.2, 0.25) is 0 Å². The smallest absolute Gasteiger partial charge is 0.185 e. The maximum absolute atomic E-state index is 5.33. The molecule has 2 saturated heterocycles. The van der Waals surface area contributed by atoms with Gasteiger partial charge in [-0.25, -0.2) is 4.98 Å². The summed E-state index contributed by atoms with van der Waals surface area (Å²) >= 11 is 1.83. The summed E-state index contributed by atoms with van der Waals surface area (Å²) < 4.78 is 5.33. The van der Waals surface area contributed by atoms with E-state index in [0.29, 0.717) is 6.10 Å². The average molecular weight is 224 g/mol. The molecule has 3 rings (SSSR count). The zero-order valence-electron chi connectivity index (χ0n) is 9.03. The van der Waals surface area contributed by atoms with Crippen LogP contribution in [-0.4, -0.2) is 24.7 Å². The number of thiazole rings is 1. The third-order valence-electron chi connectivity index (χ3n) is 3.07. The molecule has 4 heteroatoms. The van der Waals surface area contributed by atoms with Crippen molar-refractivity contribution in [3.05, 3.63) is 10.6 Å². The van der Waals surface area contributed by atoms with Crippen molar-refractivity contribution in [3.63, 3.8) is 0 Å². The summed E-state index contributed by atoms with van der Waals surface area (Å²) in [7, 11) is 0. The highest BCUT2D eigenvalue weighted by atomic mass is 32.1. The molecule has 0 amide bonds. The highest BCUT2D eigenvalue weighted by molar-refractivity contribution is 7.15. The molecule has 15 heavy (non-hydrogen) atoms. The number of hydrogen-bond donors (Lipinski definition) is 0. The van der Waals surface area contributed by atoms with E-state index in [1.807, 2.05) is 11.3 Å². The maximum atomic E-state index is 5.33. The van der Waals surface area contributed by atoms with Crippen molar-refractivity contribution in [2.75, 3.05) is 24.6 Å². The Balaban J connectivity index is 1.81. The Morgan fingerprint density at radius 1 is 1.33 bits per heavy atom. The van der Waals surface area contributed by atoms with E-state index in [1.54, 1.807) is 0 Å². The quantitative estimate of drug-likeness (QED) is 0.723. The Bertz CT molecular complexity index is 353. The summed E-state index contributed by atoms with van der Waals surface area (Å²) in [6.07, 6.45) is 4.36. The molecule has 0 spiro atoms. The Morgan fingerprint density at radius 3 is 2.73 bits per heavy atom. The van der Waals surface area contributed by atoms with Gasteiger partial charge in [0, 0.05) is 13.1 Å². The standard InChI is InChI=1S/C11H16N2OS/c1-8-10(9-7-14-9)15-11(12-8)13-5-3-2-4-6-13/h9H,2-7H2,1H3. The van der Waals surface area contributed by atoms with Gasteiger partial charge in [-0.2, -0.15) is 0 Å². The van der Waals surface area contributed by atoms with Crippen LogP contribution in [0.25, 0.3) is 0 Å².